The van der Waals surface area contributed by atoms with Crippen LogP contribution in [0.3, 0.4) is 0 Å². The number of nitrogens with zero attached hydrogens (tertiary/aromatic N) is 3. The van der Waals surface area contributed by atoms with Gasteiger partial charge < -0.3 is 20.0 Å². The van der Waals surface area contributed by atoms with Crippen molar-refractivity contribution < 1.29 is 4.74 Å². The number of hydrogen-bond acceptors (Lipinski definition) is 5. The van der Waals surface area contributed by atoms with Crippen molar-refractivity contribution in [3.05, 3.63) is 108 Å². The fourth-order valence-electron chi connectivity index (χ4n) is 4.33. The van der Waals surface area contributed by atoms with Gasteiger partial charge in [-0.05, 0) is 23.3 Å². The quantitative estimate of drug-likeness (QED) is 0.296. The highest BCUT2D eigenvalue weighted by atomic mass is 16.5. The van der Waals surface area contributed by atoms with Gasteiger partial charge in [-0.15, -0.1) is 0 Å². The second-order valence-electron chi connectivity index (χ2n) is 8.20. The fraction of sp³-hybridized carbons (Fsp3) is 0.0357. The predicted molar refractivity (Wildman–Crippen MR) is 141 cm³/mol. The lowest BCUT2D eigenvalue weighted by atomic mass is 10.0. The molecule has 36 heavy (non-hydrogen) atoms. The third kappa shape index (κ3) is 3.70. The minimum absolute atomic E-state index is 0.258. The summed E-state index contributed by atoms with van der Waals surface area (Å²) in [5.74, 6) is 1.80. The molecule has 0 aliphatic carbocycles. The van der Waals surface area contributed by atoms with Crippen LogP contribution in [0.2, 0.25) is 0 Å². The Morgan fingerprint density at radius 2 is 1.50 bits per heavy atom. The Morgan fingerprint density at radius 1 is 0.833 bits per heavy atom. The number of fused-ring (bicyclic) bond motifs is 1. The molecule has 0 amide bonds. The maximum absolute atomic E-state index is 14.0. The van der Waals surface area contributed by atoms with Crippen LogP contribution in [0.15, 0.2) is 102 Å². The fourth-order valence-corrected chi connectivity index (χ4v) is 4.33. The number of rotatable bonds is 6. The zero-order valence-electron chi connectivity index (χ0n) is 19.4. The number of hydrogen-bond donors (Lipinski definition) is 3. The Kier molecular flexibility index (Phi) is 5.31. The summed E-state index contributed by atoms with van der Waals surface area (Å²) in [6.07, 6.45) is 3.30. The molecular weight excluding hydrogens is 452 g/mol. The molecule has 0 saturated carbocycles. The van der Waals surface area contributed by atoms with Gasteiger partial charge in [0, 0.05) is 11.8 Å². The topological polar surface area (TPSA) is 100 Å². The van der Waals surface area contributed by atoms with Crippen LogP contribution in [0, 0.1) is 0 Å². The molecule has 3 aromatic heterocycles. The number of nitrogens with one attached hydrogen (secondary N) is 3. The first kappa shape index (κ1) is 21.4. The van der Waals surface area contributed by atoms with Gasteiger partial charge in [0.1, 0.15) is 28.7 Å². The van der Waals surface area contributed by atoms with Crippen LogP contribution in [0.5, 0.6) is 5.75 Å². The summed E-state index contributed by atoms with van der Waals surface area (Å²) in [7, 11) is 1.61. The second-order valence-corrected chi connectivity index (χ2v) is 8.20. The molecule has 6 aromatic rings. The van der Waals surface area contributed by atoms with Gasteiger partial charge in [0.25, 0.3) is 5.56 Å². The van der Waals surface area contributed by atoms with Crippen molar-refractivity contribution in [2.24, 2.45) is 0 Å². The van der Waals surface area contributed by atoms with Crippen molar-refractivity contribution in [2.75, 3.05) is 12.4 Å². The minimum atomic E-state index is -0.258. The van der Waals surface area contributed by atoms with Crippen LogP contribution in [0.4, 0.5) is 11.6 Å². The lowest BCUT2D eigenvalue weighted by Gasteiger charge is -2.12. The number of aromatic amines is 2. The number of H-pyrrole nitrogens is 2. The summed E-state index contributed by atoms with van der Waals surface area (Å²) >= 11 is 0. The number of benzene rings is 3. The molecule has 6 rings (SSSR count). The first-order valence-corrected chi connectivity index (χ1v) is 11.4. The lowest BCUT2D eigenvalue weighted by molar-refractivity contribution is 0.415. The molecule has 0 fully saturated rings. The second kappa shape index (κ2) is 8.92. The van der Waals surface area contributed by atoms with E-state index in [1.807, 2.05) is 84.9 Å². The van der Waals surface area contributed by atoms with Gasteiger partial charge in [0.15, 0.2) is 0 Å². The molecule has 0 aliphatic rings. The van der Waals surface area contributed by atoms with Crippen molar-refractivity contribution in [1.82, 2.24) is 24.6 Å². The highest BCUT2D eigenvalue weighted by Crippen LogP contribution is 2.36. The van der Waals surface area contributed by atoms with E-state index in [4.69, 9.17) is 9.84 Å². The number of ether oxygens (including phenoxy) is 1. The van der Waals surface area contributed by atoms with Gasteiger partial charge >= 0.3 is 0 Å². The molecule has 8 heteroatoms. The summed E-state index contributed by atoms with van der Waals surface area (Å²) in [6.45, 7) is 0. The van der Waals surface area contributed by atoms with Crippen LogP contribution in [0.25, 0.3) is 39.2 Å². The summed E-state index contributed by atoms with van der Waals surface area (Å²) in [4.78, 5) is 24.7. The van der Waals surface area contributed by atoms with Gasteiger partial charge in [-0.3, -0.25) is 4.79 Å². The van der Waals surface area contributed by atoms with Crippen molar-refractivity contribution in [3.8, 4) is 39.3 Å². The van der Waals surface area contributed by atoms with E-state index in [1.165, 1.54) is 4.52 Å². The number of methoxy groups -OCH3 is 1. The standard InChI is InChI=1S/C28H22N6O2/c1-36-21-14-12-19(13-15-21)24-26(31-22-16-29-17-30-22)32-27-23(18-8-4-2-5-9-18)25(33-34(27)28(24)35)20-10-6-3-7-11-20/h2-17,31-32H,1H3,(H,29,30). The van der Waals surface area contributed by atoms with Crippen LogP contribution < -0.4 is 15.6 Å². The monoisotopic (exact) mass is 474 g/mol. The third-order valence-corrected chi connectivity index (χ3v) is 6.02. The summed E-state index contributed by atoms with van der Waals surface area (Å²) in [5.41, 5.74) is 4.90. The zero-order valence-corrected chi connectivity index (χ0v) is 19.4. The first-order valence-electron chi connectivity index (χ1n) is 11.4. The summed E-state index contributed by atoms with van der Waals surface area (Å²) in [6, 6.07) is 27.2. The smallest absolute Gasteiger partial charge is 0.284 e. The first-order chi connectivity index (χ1) is 17.7. The van der Waals surface area contributed by atoms with E-state index in [1.54, 1.807) is 19.6 Å². The highest BCUT2D eigenvalue weighted by molar-refractivity contribution is 5.92. The average Bonchev–Trinajstić information content (AvgIpc) is 3.58. The Morgan fingerprint density at radius 3 is 2.14 bits per heavy atom. The molecule has 3 aromatic carbocycles. The number of anilines is 2. The number of imidazole rings is 1. The average molecular weight is 475 g/mol. The van der Waals surface area contributed by atoms with Crippen molar-refractivity contribution in [2.45, 2.75) is 0 Å². The summed E-state index contributed by atoms with van der Waals surface area (Å²) < 4.78 is 6.75. The molecular formula is C28H22N6O2. The molecule has 0 bridgehead atoms. The largest absolute Gasteiger partial charge is 0.497 e. The van der Waals surface area contributed by atoms with Gasteiger partial charge in [-0.25, -0.2) is 4.98 Å². The maximum Gasteiger partial charge on any atom is 0.284 e. The minimum Gasteiger partial charge on any atom is -0.497 e. The lowest BCUT2D eigenvalue weighted by Crippen LogP contribution is -2.19. The van der Waals surface area contributed by atoms with E-state index >= 15 is 0 Å². The predicted octanol–water partition coefficient (Wildman–Crippen LogP) is 5.50. The molecule has 3 N–H and O–H groups in total. The van der Waals surface area contributed by atoms with E-state index in [-0.39, 0.29) is 5.56 Å². The molecule has 0 spiro atoms. The molecule has 0 saturated heterocycles. The Labute approximate surface area is 206 Å². The Balaban J connectivity index is 1.67. The van der Waals surface area contributed by atoms with E-state index < -0.39 is 0 Å². The SMILES string of the molecule is COc1ccc(-c2c(Nc3c[nH]cn3)[nH]c3c(-c4ccccc4)c(-c4ccccc4)nn3c2=O)cc1. The zero-order chi connectivity index (χ0) is 24.5. The molecule has 0 unspecified atom stereocenters. The maximum atomic E-state index is 14.0. The van der Waals surface area contributed by atoms with Gasteiger partial charge in [0.05, 0.1) is 24.6 Å². The molecule has 8 nitrogen and oxygen atoms in total. The molecule has 0 aliphatic heterocycles. The van der Waals surface area contributed by atoms with Crippen LogP contribution in [-0.4, -0.2) is 31.7 Å². The molecule has 176 valence electrons. The van der Waals surface area contributed by atoms with Crippen molar-refractivity contribution in [1.29, 1.82) is 0 Å². The Bertz CT molecular complexity index is 1690. The van der Waals surface area contributed by atoms with Gasteiger partial charge in [0.2, 0.25) is 0 Å². The molecule has 0 radical (unpaired) electrons. The highest BCUT2D eigenvalue weighted by Gasteiger charge is 2.23. The van der Waals surface area contributed by atoms with Gasteiger partial charge in [-0.1, -0.05) is 72.8 Å². The van der Waals surface area contributed by atoms with Crippen LogP contribution in [-0.2, 0) is 0 Å². The molecule has 3 heterocycles. The van der Waals surface area contributed by atoms with Gasteiger partial charge in [-0.2, -0.15) is 9.61 Å². The van der Waals surface area contributed by atoms with E-state index in [0.29, 0.717) is 34.3 Å². The van der Waals surface area contributed by atoms with Crippen molar-refractivity contribution in [3.63, 3.8) is 0 Å². The molecule has 0 atom stereocenters. The van der Waals surface area contributed by atoms with Crippen LogP contribution >= 0.6 is 0 Å². The third-order valence-electron chi connectivity index (χ3n) is 6.02. The normalized spacial score (nSPS) is 11.0. The van der Waals surface area contributed by atoms with E-state index in [9.17, 15) is 4.79 Å². The van der Waals surface area contributed by atoms with Crippen molar-refractivity contribution >= 4 is 17.3 Å². The van der Waals surface area contributed by atoms with E-state index in [0.717, 1.165) is 22.3 Å². The van der Waals surface area contributed by atoms with E-state index in [2.05, 4.69) is 20.3 Å². The Hall–Kier alpha value is -5.11. The number of aromatic nitrogens is 5. The summed E-state index contributed by atoms with van der Waals surface area (Å²) in [5, 5.41) is 8.09. The van der Waals surface area contributed by atoms with Crippen LogP contribution in [0.1, 0.15) is 0 Å².